The first kappa shape index (κ1) is 21.6. The number of amides is 3. The zero-order valence-electron chi connectivity index (χ0n) is 17.6. The number of carbonyl (C=O) groups is 3. The predicted octanol–water partition coefficient (Wildman–Crippen LogP) is 3.98. The fourth-order valence-corrected chi connectivity index (χ4v) is 4.26. The van der Waals surface area contributed by atoms with Crippen molar-refractivity contribution in [3.63, 3.8) is 0 Å². The van der Waals surface area contributed by atoms with E-state index >= 15 is 0 Å². The molecule has 8 nitrogen and oxygen atoms in total. The Morgan fingerprint density at radius 2 is 1.62 bits per heavy atom. The average molecular weight is 450 g/mol. The number of piperidine rings is 1. The van der Waals surface area contributed by atoms with Crippen LogP contribution in [-0.2, 0) is 0 Å². The van der Waals surface area contributed by atoms with E-state index in [0.717, 1.165) is 38.0 Å². The minimum atomic E-state index is -0.408. The molecule has 1 aliphatic rings. The maximum absolute atomic E-state index is 12.7. The molecular weight excluding hydrogens is 426 g/mol. The van der Waals surface area contributed by atoms with E-state index < -0.39 is 5.91 Å². The lowest BCUT2D eigenvalue weighted by molar-refractivity contribution is 0.0723. The van der Waals surface area contributed by atoms with Gasteiger partial charge < -0.3 is 10.2 Å². The van der Waals surface area contributed by atoms with E-state index in [4.69, 9.17) is 0 Å². The first-order chi connectivity index (χ1) is 15.5. The Bertz CT molecular complexity index is 1140. The molecule has 1 saturated heterocycles. The number of aromatic nitrogens is 2. The number of nitrogens with zero attached hydrogens (tertiary/aromatic N) is 3. The number of nitrogens with one attached hydrogen (secondary N) is 2. The summed E-state index contributed by atoms with van der Waals surface area (Å²) in [4.78, 5) is 48.0. The van der Waals surface area contributed by atoms with Gasteiger partial charge in [0, 0.05) is 36.1 Å². The SMILES string of the molecule is Cc1ccnc(NC(=O)c2ccsc2NC(=O)c2ccc(C(=O)N3CCCCC3)cc2)n1. The first-order valence-corrected chi connectivity index (χ1v) is 11.3. The molecule has 32 heavy (non-hydrogen) atoms. The minimum Gasteiger partial charge on any atom is -0.339 e. The Labute approximate surface area is 189 Å². The third-order valence-corrected chi connectivity index (χ3v) is 6.02. The van der Waals surface area contributed by atoms with Crippen LogP contribution in [0.25, 0.3) is 0 Å². The van der Waals surface area contributed by atoms with Gasteiger partial charge in [0.1, 0.15) is 5.00 Å². The van der Waals surface area contributed by atoms with Crippen LogP contribution in [0, 0.1) is 6.92 Å². The Hall–Kier alpha value is -3.59. The standard InChI is InChI=1S/C23H23N5O3S/c1-15-9-11-24-23(25-15)27-20(30)18-10-14-32-21(18)26-19(29)16-5-7-17(8-6-16)22(31)28-12-3-2-4-13-28/h5-11,14H,2-4,12-13H2,1H3,(H,26,29)(H,24,25,27,30). The molecule has 2 N–H and O–H groups in total. The highest BCUT2D eigenvalue weighted by Gasteiger charge is 2.20. The lowest BCUT2D eigenvalue weighted by atomic mass is 10.1. The number of hydrogen-bond acceptors (Lipinski definition) is 6. The van der Waals surface area contributed by atoms with Gasteiger partial charge in [-0.25, -0.2) is 9.97 Å². The van der Waals surface area contributed by atoms with E-state index in [1.54, 1.807) is 54.9 Å². The molecular formula is C23H23N5O3S. The molecule has 1 aliphatic heterocycles. The first-order valence-electron chi connectivity index (χ1n) is 10.4. The number of carbonyl (C=O) groups excluding carboxylic acids is 3. The normalized spacial score (nSPS) is 13.5. The number of aryl methyl sites for hydroxylation is 1. The second-order valence-electron chi connectivity index (χ2n) is 7.52. The van der Waals surface area contributed by atoms with Crippen LogP contribution in [0.5, 0.6) is 0 Å². The van der Waals surface area contributed by atoms with Gasteiger partial charge in [0.2, 0.25) is 5.95 Å². The van der Waals surface area contributed by atoms with E-state index in [0.29, 0.717) is 21.7 Å². The van der Waals surface area contributed by atoms with Crippen molar-refractivity contribution in [1.82, 2.24) is 14.9 Å². The highest BCUT2D eigenvalue weighted by Crippen LogP contribution is 2.25. The molecule has 3 heterocycles. The van der Waals surface area contributed by atoms with Gasteiger partial charge in [0.15, 0.2) is 0 Å². The minimum absolute atomic E-state index is 0.00719. The van der Waals surface area contributed by atoms with Gasteiger partial charge in [-0.15, -0.1) is 11.3 Å². The molecule has 164 valence electrons. The van der Waals surface area contributed by atoms with Gasteiger partial charge in [-0.3, -0.25) is 19.7 Å². The summed E-state index contributed by atoms with van der Waals surface area (Å²) in [6.45, 7) is 3.36. The largest absolute Gasteiger partial charge is 0.339 e. The number of likely N-dealkylation sites (tertiary alicyclic amines) is 1. The van der Waals surface area contributed by atoms with Crippen molar-refractivity contribution in [2.75, 3.05) is 23.7 Å². The van der Waals surface area contributed by atoms with Crippen molar-refractivity contribution in [1.29, 1.82) is 0 Å². The third kappa shape index (κ3) is 5.00. The molecule has 3 aromatic rings. The van der Waals surface area contributed by atoms with Crippen molar-refractivity contribution in [2.24, 2.45) is 0 Å². The number of rotatable bonds is 5. The van der Waals surface area contributed by atoms with Gasteiger partial charge in [-0.1, -0.05) is 0 Å². The molecule has 0 bridgehead atoms. The second-order valence-corrected chi connectivity index (χ2v) is 8.44. The average Bonchev–Trinajstić information content (AvgIpc) is 3.27. The zero-order valence-corrected chi connectivity index (χ0v) is 18.4. The number of hydrogen-bond donors (Lipinski definition) is 2. The van der Waals surface area contributed by atoms with Crippen LogP contribution < -0.4 is 10.6 Å². The molecule has 0 radical (unpaired) electrons. The molecule has 1 aromatic carbocycles. The summed E-state index contributed by atoms with van der Waals surface area (Å²) >= 11 is 1.25. The predicted molar refractivity (Wildman–Crippen MR) is 123 cm³/mol. The van der Waals surface area contributed by atoms with Crippen LogP contribution in [0.15, 0.2) is 48.0 Å². The van der Waals surface area contributed by atoms with E-state index in [1.165, 1.54) is 11.3 Å². The molecule has 4 rings (SSSR count). The van der Waals surface area contributed by atoms with Gasteiger partial charge >= 0.3 is 0 Å². The van der Waals surface area contributed by atoms with Crippen molar-refractivity contribution < 1.29 is 14.4 Å². The van der Waals surface area contributed by atoms with Crippen LogP contribution in [0.4, 0.5) is 10.9 Å². The van der Waals surface area contributed by atoms with Crippen LogP contribution >= 0.6 is 11.3 Å². The second kappa shape index (κ2) is 9.69. The summed E-state index contributed by atoms with van der Waals surface area (Å²) < 4.78 is 0. The molecule has 2 aromatic heterocycles. The van der Waals surface area contributed by atoms with Crippen LogP contribution in [0.3, 0.4) is 0 Å². The summed E-state index contributed by atoms with van der Waals surface area (Å²) in [5, 5.41) is 7.57. The molecule has 3 amide bonds. The van der Waals surface area contributed by atoms with Gasteiger partial charge in [-0.2, -0.15) is 0 Å². The van der Waals surface area contributed by atoms with Crippen molar-refractivity contribution >= 4 is 40.0 Å². The van der Waals surface area contributed by atoms with Gasteiger partial charge in [0.05, 0.1) is 5.56 Å². The van der Waals surface area contributed by atoms with E-state index in [2.05, 4.69) is 20.6 Å². The highest BCUT2D eigenvalue weighted by molar-refractivity contribution is 7.14. The summed E-state index contributed by atoms with van der Waals surface area (Å²) in [6.07, 6.45) is 4.77. The molecule has 0 atom stereocenters. The lowest BCUT2D eigenvalue weighted by Crippen LogP contribution is -2.35. The van der Waals surface area contributed by atoms with E-state index in [-0.39, 0.29) is 17.8 Å². The maximum Gasteiger partial charge on any atom is 0.261 e. The van der Waals surface area contributed by atoms with Crippen molar-refractivity contribution in [3.8, 4) is 0 Å². The number of thiophene rings is 1. The fraction of sp³-hybridized carbons (Fsp3) is 0.261. The summed E-state index contributed by atoms with van der Waals surface area (Å²) in [5.74, 6) is -0.570. The Balaban J connectivity index is 1.41. The molecule has 9 heteroatoms. The van der Waals surface area contributed by atoms with Gasteiger partial charge in [0.25, 0.3) is 17.7 Å². The number of anilines is 2. The van der Waals surface area contributed by atoms with Crippen LogP contribution in [-0.4, -0.2) is 45.7 Å². The van der Waals surface area contributed by atoms with Crippen molar-refractivity contribution in [3.05, 3.63) is 70.4 Å². The summed E-state index contributed by atoms with van der Waals surface area (Å²) in [7, 11) is 0. The van der Waals surface area contributed by atoms with E-state index in [1.807, 2.05) is 4.90 Å². The summed E-state index contributed by atoms with van der Waals surface area (Å²) in [6, 6.07) is 9.95. The highest BCUT2D eigenvalue weighted by atomic mass is 32.1. The molecule has 0 saturated carbocycles. The summed E-state index contributed by atoms with van der Waals surface area (Å²) in [5.41, 5.74) is 2.03. The lowest BCUT2D eigenvalue weighted by Gasteiger charge is -2.26. The smallest absolute Gasteiger partial charge is 0.261 e. The fourth-order valence-electron chi connectivity index (χ4n) is 3.48. The van der Waals surface area contributed by atoms with Crippen LogP contribution in [0.1, 0.15) is 56.0 Å². The zero-order chi connectivity index (χ0) is 22.5. The topological polar surface area (TPSA) is 104 Å². The third-order valence-electron chi connectivity index (χ3n) is 5.19. The van der Waals surface area contributed by atoms with E-state index in [9.17, 15) is 14.4 Å². The maximum atomic E-state index is 12.7. The molecule has 0 unspecified atom stereocenters. The van der Waals surface area contributed by atoms with Gasteiger partial charge in [-0.05, 0) is 68.0 Å². The molecule has 0 spiro atoms. The Morgan fingerprint density at radius 1 is 0.906 bits per heavy atom. The Kier molecular flexibility index (Phi) is 6.55. The number of benzene rings is 1. The van der Waals surface area contributed by atoms with Crippen molar-refractivity contribution in [2.45, 2.75) is 26.2 Å². The van der Waals surface area contributed by atoms with Crippen LogP contribution in [0.2, 0.25) is 0 Å². The monoisotopic (exact) mass is 449 g/mol. The Morgan fingerprint density at radius 3 is 2.34 bits per heavy atom. The molecule has 1 fully saturated rings. The molecule has 0 aliphatic carbocycles. The quantitative estimate of drug-likeness (QED) is 0.613.